The normalized spacial score (nSPS) is 13.9. The standard InChI is InChI=1S/C32H49N5O6S/c1-7-9-10-28(38)37(15-8-2)26(20(3)4)18-27(43-32(42)34-6)30-36-25(19-44-30)29(39)35-24(16-21(5)31(40)41)17-22-11-13-23(33)14-12-22/h11-14,19-21,24,26-27H,7-10,15-18,33H2,1-6H3,(H,34,42)(H,35,39)(H,40,41). The van der Waals surface area contributed by atoms with Gasteiger partial charge < -0.3 is 31.1 Å². The molecule has 11 nitrogen and oxygen atoms in total. The third-order valence-electron chi connectivity index (χ3n) is 7.49. The number of aliphatic carboxylic acids is 1. The van der Waals surface area contributed by atoms with Crippen molar-refractivity contribution in [3.63, 3.8) is 0 Å². The first-order chi connectivity index (χ1) is 20.9. The maximum absolute atomic E-state index is 13.4. The lowest BCUT2D eigenvalue weighted by atomic mass is 9.95. The van der Waals surface area contributed by atoms with Crippen molar-refractivity contribution < 1.29 is 29.0 Å². The summed E-state index contributed by atoms with van der Waals surface area (Å²) in [4.78, 5) is 57.0. The van der Waals surface area contributed by atoms with E-state index < -0.39 is 36.0 Å². The Morgan fingerprint density at radius 2 is 1.75 bits per heavy atom. The Hall–Kier alpha value is -3.67. The second kappa shape index (κ2) is 18.2. The van der Waals surface area contributed by atoms with Gasteiger partial charge in [0.15, 0.2) is 6.10 Å². The van der Waals surface area contributed by atoms with Gasteiger partial charge in [-0.3, -0.25) is 14.4 Å². The smallest absolute Gasteiger partial charge is 0.407 e. The van der Waals surface area contributed by atoms with Crippen molar-refractivity contribution in [3.8, 4) is 0 Å². The molecule has 1 aromatic heterocycles. The fourth-order valence-corrected chi connectivity index (χ4v) is 5.85. The summed E-state index contributed by atoms with van der Waals surface area (Å²) in [5, 5.41) is 17.0. The molecule has 2 rings (SSSR count). The quantitative estimate of drug-likeness (QED) is 0.159. The van der Waals surface area contributed by atoms with Gasteiger partial charge in [0, 0.05) is 49.6 Å². The van der Waals surface area contributed by atoms with E-state index in [1.807, 2.05) is 44.7 Å². The number of carbonyl (C=O) groups is 4. The number of hydrogen-bond acceptors (Lipinski definition) is 8. The topological polar surface area (TPSA) is 164 Å². The predicted molar refractivity (Wildman–Crippen MR) is 172 cm³/mol. The van der Waals surface area contributed by atoms with Crippen molar-refractivity contribution >= 4 is 40.9 Å². The molecule has 0 aliphatic heterocycles. The van der Waals surface area contributed by atoms with Crippen LogP contribution in [0.5, 0.6) is 0 Å². The van der Waals surface area contributed by atoms with Crippen LogP contribution in [0, 0.1) is 11.8 Å². The van der Waals surface area contributed by atoms with Gasteiger partial charge in [-0.2, -0.15) is 0 Å². The highest BCUT2D eigenvalue weighted by molar-refractivity contribution is 7.09. The minimum Gasteiger partial charge on any atom is -0.481 e. The summed E-state index contributed by atoms with van der Waals surface area (Å²) >= 11 is 1.20. The largest absolute Gasteiger partial charge is 0.481 e. The summed E-state index contributed by atoms with van der Waals surface area (Å²) in [6, 6.07) is 6.54. The summed E-state index contributed by atoms with van der Waals surface area (Å²) in [5.41, 5.74) is 7.47. The minimum absolute atomic E-state index is 0.0769. The van der Waals surface area contributed by atoms with E-state index in [2.05, 4.69) is 15.6 Å². The van der Waals surface area contributed by atoms with E-state index in [-0.39, 0.29) is 30.0 Å². The highest BCUT2D eigenvalue weighted by Crippen LogP contribution is 2.31. The summed E-state index contributed by atoms with van der Waals surface area (Å²) in [6.45, 7) is 10.3. The summed E-state index contributed by atoms with van der Waals surface area (Å²) < 4.78 is 5.75. The van der Waals surface area contributed by atoms with Crippen LogP contribution < -0.4 is 16.4 Å². The Labute approximate surface area is 264 Å². The number of hydrogen-bond donors (Lipinski definition) is 4. The van der Waals surface area contributed by atoms with Crippen LogP contribution >= 0.6 is 11.3 Å². The molecule has 4 unspecified atom stereocenters. The highest BCUT2D eigenvalue weighted by Gasteiger charge is 2.32. The fraction of sp³-hybridized carbons (Fsp3) is 0.594. The Morgan fingerprint density at radius 3 is 2.32 bits per heavy atom. The van der Waals surface area contributed by atoms with Gasteiger partial charge in [-0.05, 0) is 49.3 Å². The maximum atomic E-state index is 13.4. The van der Waals surface area contributed by atoms with Gasteiger partial charge in [0.1, 0.15) is 10.7 Å². The van der Waals surface area contributed by atoms with Crippen LogP contribution in [-0.2, 0) is 20.7 Å². The minimum atomic E-state index is -0.948. The number of alkyl carbamates (subject to hydrolysis) is 1. The van der Waals surface area contributed by atoms with Gasteiger partial charge in [0.25, 0.3) is 5.91 Å². The number of thiazole rings is 1. The fourth-order valence-electron chi connectivity index (χ4n) is 5.01. The predicted octanol–water partition coefficient (Wildman–Crippen LogP) is 5.42. The number of carbonyl (C=O) groups excluding carboxylic acids is 3. The Morgan fingerprint density at radius 1 is 1.07 bits per heavy atom. The second-order valence-electron chi connectivity index (χ2n) is 11.5. The molecule has 0 fully saturated rings. The van der Waals surface area contributed by atoms with Gasteiger partial charge in [0.2, 0.25) is 5.91 Å². The number of anilines is 1. The van der Waals surface area contributed by atoms with Gasteiger partial charge in [0.05, 0.1) is 5.92 Å². The number of carboxylic acid groups (broad SMARTS) is 1. The number of aromatic nitrogens is 1. The molecule has 5 N–H and O–H groups in total. The van der Waals surface area contributed by atoms with E-state index in [0.717, 1.165) is 24.8 Å². The van der Waals surface area contributed by atoms with Crippen molar-refractivity contribution in [1.29, 1.82) is 0 Å². The average Bonchev–Trinajstić information content (AvgIpc) is 3.48. The molecule has 2 aromatic rings. The number of nitrogens with two attached hydrogens (primary N) is 1. The first-order valence-corrected chi connectivity index (χ1v) is 16.3. The number of amides is 3. The average molecular weight is 632 g/mol. The summed E-state index contributed by atoms with van der Waals surface area (Å²) in [5.74, 6) is -1.92. The number of unbranched alkanes of at least 4 members (excludes halogenated alkanes) is 1. The van der Waals surface area contributed by atoms with Crippen LogP contribution in [0.2, 0.25) is 0 Å². The van der Waals surface area contributed by atoms with Crippen molar-refractivity contribution in [1.82, 2.24) is 20.5 Å². The van der Waals surface area contributed by atoms with Crippen LogP contribution in [-0.4, -0.2) is 64.5 Å². The van der Waals surface area contributed by atoms with Gasteiger partial charge in [-0.25, -0.2) is 9.78 Å². The molecule has 0 saturated carbocycles. The van der Waals surface area contributed by atoms with Crippen LogP contribution in [0.4, 0.5) is 10.5 Å². The van der Waals surface area contributed by atoms with Crippen molar-refractivity contribution in [3.05, 3.63) is 45.9 Å². The van der Waals surface area contributed by atoms with Crippen molar-refractivity contribution in [2.75, 3.05) is 19.3 Å². The molecule has 3 amide bonds. The molecule has 0 spiro atoms. The first-order valence-electron chi connectivity index (χ1n) is 15.4. The number of benzene rings is 1. The van der Waals surface area contributed by atoms with E-state index in [4.69, 9.17) is 10.5 Å². The molecular formula is C32H49N5O6S. The molecule has 12 heteroatoms. The molecular weight excluding hydrogens is 582 g/mol. The number of nitrogens with one attached hydrogen (secondary N) is 2. The van der Waals surface area contributed by atoms with Crippen LogP contribution in [0.3, 0.4) is 0 Å². The van der Waals surface area contributed by atoms with E-state index >= 15 is 0 Å². The molecule has 0 aliphatic carbocycles. The summed E-state index contributed by atoms with van der Waals surface area (Å²) in [7, 11) is 1.47. The van der Waals surface area contributed by atoms with Gasteiger partial charge in [-0.1, -0.05) is 53.2 Å². The molecule has 0 bridgehead atoms. The number of nitrogens with zero attached hydrogens (tertiary/aromatic N) is 2. The van der Waals surface area contributed by atoms with E-state index in [0.29, 0.717) is 36.5 Å². The van der Waals surface area contributed by atoms with Crippen LogP contribution in [0.1, 0.15) is 100 Å². The molecule has 244 valence electrons. The molecule has 0 aliphatic rings. The molecule has 4 atom stereocenters. The van der Waals surface area contributed by atoms with E-state index in [1.54, 1.807) is 24.4 Å². The third kappa shape index (κ3) is 11.4. The highest BCUT2D eigenvalue weighted by atomic mass is 32.1. The van der Waals surface area contributed by atoms with E-state index in [9.17, 15) is 24.3 Å². The Balaban J connectivity index is 2.32. The Bertz CT molecular complexity index is 1220. The van der Waals surface area contributed by atoms with Crippen LogP contribution in [0.25, 0.3) is 0 Å². The second-order valence-corrected chi connectivity index (χ2v) is 12.4. The number of rotatable bonds is 18. The lowest BCUT2D eigenvalue weighted by Crippen LogP contribution is -2.45. The first kappa shape index (κ1) is 36.5. The van der Waals surface area contributed by atoms with Gasteiger partial charge >= 0.3 is 12.1 Å². The molecule has 0 saturated heterocycles. The zero-order valence-corrected chi connectivity index (χ0v) is 27.6. The monoisotopic (exact) mass is 631 g/mol. The molecule has 0 radical (unpaired) electrons. The lowest BCUT2D eigenvalue weighted by Gasteiger charge is -2.36. The molecule has 1 aromatic carbocycles. The van der Waals surface area contributed by atoms with Crippen molar-refractivity contribution in [2.45, 2.75) is 97.8 Å². The van der Waals surface area contributed by atoms with Crippen LogP contribution in [0.15, 0.2) is 29.6 Å². The number of ether oxygens (including phenoxy) is 1. The zero-order valence-electron chi connectivity index (χ0n) is 26.8. The third-order valence-corrected chi connectivity index (χ3v) is 8.43. The van der Waals surface area contributed by atoms with Gasteiger partial charge in [-0.15, -0.1) is 11.3 Å². The summed E-state index contributed by atoms with van der Waals surface area (Å²) in [6.07, 6.45) is 2.51. The zero-order chi connectivity index (χ0) is 32.8. The number of nitrogen functional groups attached to an aromatic ring is 1. The lowest BCUT2D eigenvalue weighted by molar-refractivity contribution is -0.141. The Kier molecular flexibility index (Phi) is 15.1. The van der Waals surface area contributed by atoms with Crippen molar-refractivity contribution in [2.24, 2.45) is 11.8 Å². The molecule has 44 heavy (non-hydrogen) atoms. The maximum Gasteiger partial charge on any atom is 0.407 e. The molecule has 1 heterocycles. The SMILES string of the molecule is CCCCC(=O)N(CCC)C(CC(OC(=O)NC)c1nc(C(=O)NC(Cc2ccc(N)cc2)CC(C)C(=O)O)cs1)C(C)C. The van der Waals surface area contributed by atoms with E-state index in [1.165, 1.54) is 18.4 Å². The number of carboxylic acids is 1.